The highest BCUT2D eigenvalue weighted by atomic mass is 35.5. The number of rotatable bonds is 10. The first-order chi connectivity index (χ1) is 19.7. The lowest BCUT2D eigenvalue weighted by molar-refractivity contribution is -0.122. The number of carbonyl (C=O) groups is 4. The van der Waals surface area contributed by atoms with E-state index in [2.05, 4.69) is 10.6 Å². The van der Waals surface area contributed by atoms with Crippen LogP contribution in [0.2, 0.25) is 5.02 Å². The van der Waals surface area contributed by atoms with Gasteiger partial charge in [-0.05, 0) is 67.4 Å². The fraction of sp³-hybridized carbons (Fsp3) is 0.200. The number of benzene rings is 3. The number of nitrogens with one attached hydrogen (secondary N) is 2. The number of nitrogens with zero attached hydrogens (tertiary/aromatic N) is 1. The minimum atomic E-state index is -0.920. The van der Waals surface area contributed by atoms with Gasteiger partial charge in [0.25, 0.3) is 17.7 Å². The van der Waals surface area contributed by atoms with Crippen molar-refractivity contribution in [2.24, 2.45) is 0 Å². The van der Waals surface area contributed by atoms with Gasteiger partial charge in [-0.25, -0.2) is 9.69 Å². The number of aryl methyl sites for hydroxylation is 1. The van der Waals surface area contributed by atoms with Crippen molar-refractivity contribution in [2.75, 3.05) is 30.5 Å². The van der Waals surface area contributed by atoms with Gasteiger partial charge in [0.15, 0.2) is 18.1 Å². The van der Waals surface area contributed by atoms with Gasteiger partial charge in [-0.15, -0.1) is 0 Å². The van der Waals surface area contributed by atoms with Crippen LogP contribution in [0, 0.1) is 6.92 Å². The summed E-state index contributed by atoms with van der Waals surface area (Å²) in [4.78, 5) is 52.2. The molecule has 1 aliphatic rings. The van der Waals surface area contributed by atoms with Crippen LogP contribution >= 0.6 is 11.6 Å². The molecule has 11 heteroatoms. The highest BCUT2D eigenvalue weighted by Gasteiger charge is 2.37. The first kappa shape index (κ1) is 29.2. The molecule has 1 fully saturated rings. The van der Waals surface area contributed by atoms with Gasteiger partial charge in [-0.1, -0.05) is 30.7 Å². The van der Waals surface area contributed by atoms with Gasteiger partial charge in [0.05, 0.1) is 19.4 Å². The minimum absolute atomic E-state index is 0.169. The van der Waals surface area contributed by atoms with E-state index in [0.29, 0.717) is 28.8 Å². The third kappa shape index (κ3) is 7.03. The van der Waals surface area contributed by atoms with Crippen LogP contribution in [0.25, 0.3) is 6.08 Å². The maximum Gasteiger partial charge on any atom is 0.335 e. The topological polar surface area (TPSA) is 123 Å². The van der Waals surface area contributed by atoms with E-state index in [1.165, 1.54) is 37.5 Å². The molecule has 10 nitrogen and oxygen atoms in total. The van der Waals surface area contributed by atoms with Crippen LogP contribution < -0.4 is 29.7 Å². The summed E-state index contributed by atoms with van der Waals surface area (Å²) in [5.74, 6) is -1.21. The second kappa shape index (κ2) is 13.0. The summed E-state index contributed by atoms with van der Waals surface area (Å²) in [6.45, 7) is 3.98. The maximum atomic E-state index is 13.5. The molecule has 0 bridgehead atoms. The number of amides is 5. The highest BCUT2D eigenvalue weighted by molar-refractivity contribution is 6.39. The van der Waals surface area contributed by atoms with Crippen molar-refractivity contribution in [2.45, 2.75) is 20.3 Å². The van der Waals surface area contributed by atoms with E-state index >= 15 is 0 Å². The Kier molecular flexibility index (Phi) is 9.26. The third-order valence-electron chi connectivity index (χ3n) is 5.90. The van der Waals surface area contributed by atoms with E-state index in [9.17, 15) is 19.2 Å². The van der Waals surface area contributed by atoms with Crippen LogP contribution in [0.1, 0.15) is 24.5 Å². The number of barbiturate groups is 1. The van der Waals surface area contributed by atoms with Crippen molar-refractivity contribution in [3.8, 4) is 17.2 Å². The number of imide groups is 2. The Morgan fingerprint density at radius 3 is 2.51 bits per heavy atom. The first-order valence-electron chi connectivity index (χ1n) is 12.7. The molecule has 1 heterocycles. The second-order valence-corrected chi connectivity index (χ2v) is 9.47. The van der Waals surface area contributed by atoms with Crippen molar-refractivity contribution >= 4 is 52.8 Å². The van der Waals surface area contributed by atoms with Crippen LogP contribution in [0.4, 0.5) is 16.2 Å². The average Bonchev–Trinajstić information content (AvgIpc) is 2.93. The Balaban J connectivity index is 1.59. The minimum Gasteiger partial charge on any atom is -0.493 e. The van der Waals surface area contributed by atoms with E-state index in [1.807, 2.05) is 32.0 Å². The summed E-state index contributed by atoms with van der Waals surface area (Å²) in [5, 5.41) is 5.23. The molecule has 41 heavy (non-hydrogen) atoms. The molecule has 212 valence electrons. The number of hydrogen-bond donors (Lipinski definition) is 2. The molecule has 4 rings (SSSR count). The molecule has 2 N–H and O–H groups in total. The Hall–Kier alpha value is -4.83. The van der Waals surface area contributed by atoms with Gasteiger partial charge >= 0.3 is 6.03 Å². The van der Waals surface area contributed by atoms with Crippen LogP contribution in [0.5, 0.6) is 17.2 Å². The van der Waals surface area contributed by atoms with E-state index < -0.39 is 23.8 Å². The molecule has 3 aromatic rings. The van der Waals surface area contributed by atoms with Crippen molar-refractivity contribution in [1.82, 2.24) is 5.32 Å². The number of methoxy groups -OCH3 is 1. The van der Waals surface area contributed by atoms with Crippen LogP contribution in [0.15, 0.2) is 66.2 Å². The molecule has 3 aromatic carbocycles. The second-order valence-electron chi connectivity index (χ2n) is 9.03. The number of halogens is 1. The van der Waals surface area contributed by atoms with Crippen molar-refractivity contribution in [3.63, 3.8) is 0 Å². The molecule has 5 amide bonds. The first-order valence-corrected chi connectivity index (χ1v) is 13.1. The van der Waals surface area contributed by atoms with Gasteiger partial charge in [0, 0.05) is 22.3 Å². The predicted octanol–water partition coefficient (Wildman–Crippen LogP) is 5.13. The standard InChI is InChI=1S/C30H28ClN3O7/c1-4-12-40-25-11-9-22(16-26(25)39-3)34-29(37)23(28(36)33-30(34)38)15-19-14-20(31)8-10-24(19)41-17-27(35)32-21-7-5-6-18(2)13-21/h5-11,13-16H,4,12,17H2,1-3H3,(H,32,35)(H,33,36,38)/b23-15-. The van der Waals surface area contributed by atoms with E-state index in [-0.39, 0.29) is 29.2 Å². The summed E-state index contributed by atoms with van der Waals surface area (Å²) in [6.07, 6.45) is 2.04. The molecule has 0 aromatic heterocycles. The van der Waals surface area contributed by atoms with Crippen LogP contribution in [-0.2, 0) is 14.4 Å². The molecule has 0 saturated carbocycles. The van der Waals surface area contributed by atoms with E-state index in [1.54, 1.807) is 18.2 Å². The summed E-state index contributed by atoms with van der Waals surface area (Å²) in [7, 11) is 1.44. The highest BCUT2D eigenvalue weighted by Crippen LogP contribution is 2.34. The molecular formula is C30H28ClN3O7. The lowest BCUT2D eigenvalue weighted by Gasteiger charge is -2.27. The lowest BCUT2D eigenvalue weighted by Crippen LogP contribution is -2.54. The zero-order valence-electron chi connectivity index (χ0n) is 22.7. The summed E-state index contributed by atoms with van der Waals surface area (Å²) < 4.78 is 16.7. The molecule has 0 radical (unpaired) electrons. The normalized spacial score (nSPS) is 14.1. The van der Waals surface area contributed by atoms with Crippen LogP contribution in [-0.4, -0.2) is 44.1 Å². The quantitative estimate of drug-likeness (QED) is 0.253. The number of carbonyl (C=O) groups excluding carboxylic acids is 4. The summed E-state index contributed by atoms with van der Waals surface area (Å²) in [6, 6.07) is 15.5. The summed E-state index contributed by atoms with van der Waals surface area (Å²) >= 11 is 6.18. The van der Waals surface area contributed by atoms with Crippen molar-refractivity contribution in [3.05, 3.63) is 82.4 Å². The largest absolute Gasteiger partial charge is 0.493 e. The molecular weight excluding hydrogens is 550 g/mol. The third-order valence-corrected chi connectivity index (χ3v) is 6.14. The Labute approximate surface area is 241 Å². The van der Waals surface area contributed by atoms with Gasteiger partial charge in [-0.2, -0.15) is 0 Å². The van der Waals surface area contributed by atoms with E-state index in [4.69, 9.17) is 25.8 Å². The van der Waals surface area contributed by atoms with Gasteiger partial charge < -0.3 is 19.5 Å². The number of ether oxygens (including phenoxy) is 3. The Morgan fingerprint density at radius 2 is 1.78 bits per heavy atom. The molecule has 0 aliphatic carbocycles. The van der Waals surface area contributed by atoms with Crippen LogP contribution in [0.3, 0.4) is 0 Å². The van der Waals surface area contributed by atoms with Gasteiger partial charge in [0.2, 0.25) is 0 Å². The monoisotopic (exact) mass is 577 g/mol. The lowest BCUT2D eigenvalue weighted by atomic mass is 10.1. The molecule has 0 atom stereocenters. The number of anilines is 2. The van der Waals surface area contributed by atoms with Crippen molar-refractivity contribution in [1.29, 1.82) is 0 Å². The smallest absolute Gasteiger partial charge is 0.335 e. The number of urea groups is 1. The Morgan fingerprint density at radius 1 is 1.00 bits per heavy atom. The van der Waals surface area contributed by atoms with Gasteiger partial charge in [0.1, 0.15) is 11.3 Å². The molecule has 1 saturated heterocycles. The molecule has 1 aliphatic heterocycles. The maximum absolute atomic E-state index is 13.5. The van der Waals surface area contributed by atoms with E-state index in [0.717, 1.165) is 16.9 Å². The predicted molar refractivity (Wildman–Crippen MR) is 155 cm³/mol. The molecule has 0 spiro atoms. The zero-order chi connectivity index (χ0) is 29.5. The number of hydrogen-bond acceptors (Lipinski definition) is 7. The SMILES string of the molecule is CCCOc1ccc(N2C(=O)NC(=O)/C(=C/c3cc(Cl)ccc3OCC(=O)Nc3cccc(C)c3)C2=O)cc1OC. The zero-order valence-corrected chi connectivity index (χ0v) is 23.4. The fourth-order valence-corrected chi connectivity index (χ4v) is 4.18. The average molecular weight is 578 g/mol. The fourth-order valence-electron chi connectivity index (χ4n) is 4.00. The Bertz CT molecular complexity index is 1540. The van der Waals surface area contributed by atoms with Crippen molar-refractivity contribution < 1.29 is 33.4 Å². The summed E-state index contributed by atoms with van der Waals surface area (Å²) in [5.41, 5.74) is 1.69. The van der Waals surface area contributed by atoms with Gasteiger partial charge in [-0.3, -0.25) is 19.7 Å². The molecule has 0 unspecified atom stereocenters.